The lowest BCUT2D eigenvalue weighted by Crippen LogP contribution is -2.51. The highest BCUT2D eigenvalue weighted by Gasteiger charge is 2.36. The van der Waals surface area contributed by atoms with Crippen molar-refractivity contribution in [1.29, 1.82) is 0 Å². The highest BCUT2D eigenvalue weighted by molar-refractivity contribution is 7.89. The van der Waals surface area contributed by atoms with Gasteiger partial charge < -0.3 is 15.8 Å². The first-order valence-corrected chi connectivity index (χ1v) is 8.16. The van der Waals surface area contributed by atoms with Gasteiger partial charge in [0.25, 0.3) is 0 Å². The van der Waals surface area contributed by atoms with Crippen molar-refractivity contribution in [2.45, 2.75) is 43.2 Å². The predicted molar refractivity (Wildman–Crippen MR) is 76.1 cm³/mol. The minimum absolute atomic E-state index is 0.0411. The molecule has 0 aliphatic carbocycles. The molecule has 0 amide bonds. The lowest BCUT2D eigenvalue weighted by atomic mass is 10.00. The molecule has 2 unspecified atom stereocenters. The van der Waals surface area contributed by atoms with Crippen molar-refractivity contribution in [2.75, 3.05) is 6.54 Å². The highest BCUT2D eigenvalue weighted by Crippen LogP contribution is 2.26. The first kappa shape index (κ1) is 15.8. The number of nitrogens with two attached hydrogens (primary N) is 1. The van der Waals surface area contributed by atoms with E-state index in [9.17, 15) is 18.5 Å². The summed E-state index contributed by atoms with van der Waals surface area (Å²) in [7, 11) is -3.73. The van der Waals surface area contributed by atoms with Gasteiger partial charge in [0.15, 0.2) is 6.20 Å². The number of rotatable bonds is 4. The summed E-state index contributed by atoms with van der Waals surface area (Å²) in [6.45, 7) is 2.19. The van der Waals surface area contributed by atoms with Crippen LogP contribution in [-0.2, 0) is 10.0 Å². The van der Waals surface area contributed by atoms with Gasteiger partial charge in [0.2, 0.25) is 10.0 Å². The minimum atomic E-state index is -3.73. The van der Waals surface area contributed by atoms with Crippen molar-refractivity contribution in [3.05, 3.63) is 28.4 Å². The van der Waals surface area contributed by atoms with Crippen LogP contribution >= 0.6 is 0 Å². The van der Waals surface area contributed by atoms with Gasteiger partial charge in [-0.15, -0.1) is 0 Å². The van der Waals surface area contributed by atoms with Gasteiger partial charge in [-0.1, -0.05) is 6.42 Å². The average Bonchev–Trinajstić information content (AvgIpc) is 2.47. The Morgan fingerprint density at radius 2 is 2.19 bits per heavy atom. The molecular weight excluding hydrogens is 296 g/mol. The molecule has 0 spiro atoms. The summed E-state index contributed by atoms with van der Waals surface area (Å²) in [5, 5.41) is 10.6. The zero-order valence-corrected chi connectivity index (χ0v) is 12.5. The fourth-order valence-electron chi connectivity index (χ4n) is 2.52. The summed E-state index contributed by atoms with van der Waals surface area (Å²) in [5.41, 5.74) is 5.89. The van der Waals surface area contributed by atoms with E-state index in [1.165, 1.54) is 10.4 Å². The van der Waals surface area contributed by atoms with Crippen LogP contribution < -0.4 is 5.73 Å². The van der Waals surface area contributed by atoms with Gasteiger partial charge in [0, 0.05) is 24.7 Å². The van der Waals surface area contributed by atoms with Crippen molar-refractivity contribution in [3.8, 4) is 0 Å². The first-order chi connectivity index (χ1) is 9.84. The third-order valence-corrected chi connectivity index (χ3v) is 5.53. The van der Waals surface area contributed by atoms with Crippen LogP contribution in [0.15, 0.2) is 23.2 Å². The maximum absolute atomic E-state index is 12.6. The van der Waals surface area contributed by atoms with Crippen LogP contribution in [0.3, 0.4) is 0 Å². The molecule has 1 saturated heterocycles. The molecule has 0 saturated carbocycles. The molecule has 0 aromatic carbocycles. The summed E-state index contributed by atoms with van der Waals surface area (Å²) in [4.78, 5) is 13.4. The molecule has 2 heterocycles. The Balaban J connectivity index is 2.33. The number of aromatic nitrogens is 1. The molecule has 9 heteroatoms. The van der Waals surface area contributed by atoms with E-state index >= 15 is 0 Å². The van der Waals surface area contributed by atoms with Crippen molar-refractivity contribution in [1.82, 2.24) is 9.29 Å². The second-order valence-corrected chi connectivity index (χ2v) is 7.04. The highest BCUT2D eigenvalue weighted by atomic mass is 32.2. The van der Waals surface area contributed by atoms with Gasteiger partial charge >= 0.3 is 5.82 Å². The standard InChI is InChI=1S/C12H18N4O4S/c1-9(13)11-4-2-3-7-15(11)21(19,20)10-5-6-12(14-8-10)16(17)18/h5-6,8-9,11H,2-4,7,13H2,1H3. The lowest BCUT2D eigenvalue weighted by Gasteiger charge is -2.36. The molecule has 2 N–H and O–H groups in total. The number of sulfonamides is 1. The molecule has 1 aliphatic heterocycles. The van der Waals surface area contributed by atoms with Crippen LogP contribution in [0.5, 0.6) is 0 Å². The molecule has 1 fully saturated rings. The van der Waals surface area contributed by atoms with Crippen LogP contribution in [0, 0.1) is 10.1 Å². The molecular formula is C12H18N4O4S. The van der Waals surface area contributed by atoms with E-state index in [0.717, 1.165) is 31.5 Å². The lowest BCUT2D eigenvalue weighted by molar-refractivity contribution is -0.389. The zero-order valence-electron chi connectivity index (χ0n) is 11.7. The number of pyridine rings is 1. The second kappa shape index (κ2) is 6.04. The third kappa shape index (κ3) is 3.20. The SMILES string of the molecule is CC(N)C1CCCCN1S(=O)(=O)c1ccc([N+](=O)[O-])nc1. The second-order valence-electron chi connectivity index (χ2n) is 5.15. The fraction of sp³-hybridized carbons (Fsp3) is 0.583. The largest absolute Gasteiger partial charge is 0.363 e. The quantitative estimate of drug-likeness (QED) is 0.650. The van der Waals surface area contributed by atoms with Gasteiger partial charge in [-0.25, -0.2) is 8.42 Å². The molecule has 21 heavy (non-hydrogen) atoms. The normalized spacial score (nSPS) is 21.9. The van der Waals surface area contributed by atoms with Crippen LogP contribution in [0.4, 0.5) is 5.82 Å². The Kier molecular flexibility index (Phi) is 4.55. The van der Waals surface area contributed by atoms with Crippen LogP contribution in [0.2, 0.25) is 0 Å². The molecule has 116 valence electrons. The third-order valence-electron chi connectivity index (χ3n) is 3.62. The van der Waals surface area contributed by atoms with E-state index in [1.807, 2.05) is 0 Å². The Hall–Kier alpha value is -1.58. The topological polar surface area (TPSA) is 119 Å². The Bertz CT molecular complexity index is 615. The maximum Gasteiger partial charge on any atom is 0.363 e. The van der Waals surface area contributed by atoms with Crippen molar-refractivity contribution < 1.29 is 13.3 Å². The van der Waals surface area contributed by atoms with E-state index < -0.39 is 14.9 Å². The van der Waals surface area contributed by atoms with E-state index in [2.05, 4.69) is 4.98 Å². The van der Waals surface area contributed by atoms with Crippen molar-refractivity contribution >= 4 is 15.8 Å². The van der Waals surface area contributed by atoms with E-state index in [-0.39, 0.29) is 22.8 Å². The Morgan fingerprint density at radius 1 is 1.48 bits per heavy atom. The summed E-state index contributed by atoms with van der Waals surface area (Å²) < 4.78 is 26.7. The summed E-state index contributed by atoms with van der Waals surface area (Å²) in [6.07, 6.45) is 3.47. The molecule has 1 aliphatic rings. The number of hydrogen-bond acceptors (Lipinski definition) is 6. The Labute approximate surface area is 123 Å². The number of nitro groups is 1. The molecule has 1 aromatic rings. The molecule has 2 rings (SSSR count). The summed E-state index contributed by atoms with van der Waals surface area (Å²) >= 11 is 0. The number of nitrogens with zero attached hydrogens (tertiary/aromatic N) is 3. The molecule has 8 nitrogen and oxygen atoms in total. The average molecular weight is 314 g/mol. The maximum atomic E-state index is 12.6. The van der Waals surface area contributed by atoms with Crippen LogP contribution in [-0.4, -0.2) is 41.3 Å². The van der Waals surface area contributed by atoms with Crippen molar-refractivity contribution in [2.24, 2.45) is 5.73 Å². The Morgan fingerprint density at radius 3 is 2.71 bits per heavy atom. The summed E-state index contributed by atoms with van der Waals surface area (Å²) in [6, 6.07) is 1.79. The van der Waals surface area contributed by atoms with Gasteiger partial charge in [-0.05, 0) is 35.7 Å². The monoisotopic (exact) mass is 314 g/mol. The minimum Gasteiger partial charge on any atom is -0.358 e. The van der Waals surface area contributed by atoms with E-state index in [0.29, 0.717) is 6.54 Å². The predicted octanol–water partition coefficient (Wildman–Crippen LogP) is 0.880. The summed E-state index contributed by atoms with van der Waals surface area (Å²) in [5.74, 6) is -0.378. The fourth-order valence-corrected chi connectivity index (χ4v) is 4.24. The van der Waals surface area contributed by atoms with Gasteiger partial charge in [-0.2, -0.15) is 4.31 Å². The first-order valence-electron chi connectivity index (χ1n) is 6.72. The van der Waals surface area contributed by atoms with Crippen LogP contribution in [0.1, 0.15) is 26.2 Å². The van der Waals surface area contributed by atoms with E-state index in [1.54, 1.807) is 6.92 Å². The van der Waals surface area contributed by atoms with Gasteiger partial charge in [0.1, 0.15) is 4.90 Å². The molecule has 2 atom stereocenters. The molecule has 1 aromatic heterocycles. The van der Waals surface area contributed by atoms with Crippen LogP contribution in [0.25, 0.3) is 0 Å². The van der Waals surface area contributed by atoms with Gasteiger partial charge in [0.05, 0.1) is 0 Å². The van der Waals surface area contributed by atoms with Crippen molar-refractivity contribution in [3.63, 3.8) is 0 Å². The smallest absolute Gasteiger partial charge is 0.358 e. The number of piperidine rings is 1. The van der Waals surface area contributed by atoms with E-state index in [4.69, 9.17) is 5.73 Å². The molecule has 0 bridgehead atoms. The van der Waals surface area contributed by atoms with Gasteiger partial charge in [-0.3, -0.25) is 0 Å². The molecule has 0 radical (unpaired) electrons. The zero-order chi connectivity index (χ0) is 15.6. The number of hydrogen-bond donors (Lipinski definition) is 1.